The van der Waals surface area contributed by atoms with Gasteiger partial charge in [-0.25, -0.2) is 9.59 Å². The number of hydrogen-bond donors (Lipinski definition) is 1. The van der Waals surface area contributed by atoms with Crippen LogP contribution in [0.5, 0.6) is 0 Å². The maximum absolute atomic E-state index is 12.2. The molecule has 0 spiro atoms. The van der Waals surface area contributed by atoms with Gasteiger partial charge in [0.2, 0.25) is 0 Å². The molecule has 1 aliphatic heterocycles. The van der Waals surface area contributed by atoms with Crippen LogP contribution in [0.1, 0.15) is 32.8 Å². The highest BCUT2D eigenvalue weighted by Crippen LogP contribution is 2.20. The number of amides is 2. The average molecular weight is 348 g/mol. The van der Waals surface area contributed by atoms with Gasteiger partial charge in [0.1, 0.15) is 18.5 Å². The van der Waals surface area contributed by atoms with Crippen molar-refractivity contribution in [3.05, 3.63) is 35.9 Å². The van der Waals surface area contributed by atoms with Crippen molar-refractivity contribution in [1.82, 2.24) is 10.2 Å². The van der Waals surface area contributed by atoms with E-state index in [1.54, 1.807) is 20.8 Å². The van der Waals surface area contributed by atoms with Crippen LogP contribution in [0.3, 0.4) is 0 Å². The van der Waals surface area contributed by atoms with Gasteiger partial charge in [-0.2, -0.15) is 0 Å². The summed E-state index contributed by atoms with van der Waals surface area (Å²) < 4.78 is 10.5. The first-order valence-electron chi connectivity index (χ1n) is 8.20. The van der Waals surface area contributed by atoms with Gasteiger partial charge < -0.3 is 19.6 Å². The molecule has 0 aromatic heterocycles. The molecule has 7 nitrogen and oxygen atoms in total. The molecule has 1 saturated heterocycles. The maximum Gasteiger partial charge on any atom is 0.410 e. The smallest absolute Gasteiger partial charge is 0.410 e. The second kappa shape index (κ2) is 8.00. The predicted octanol–water partition coefficient (Wildman–Crippen LogP) is 2.49. The van der Waals surface area contributed by atoms with Crippen LogP contribution < -0.4 is 5.32 Å². The zero-order chi connectivity index (χ0) is 18.4. The Labute approximate surface area is 147 Å². The highest BCUT2D eigenvalue weighted by atomic mass is 16.6. The summed E-state index contributed by atoms with van der Waals surface area (Å²) in [6.07, 6.45) is -0.111. The van der Waals surface area contributed by atoms with Gasteiger partial charge in [-0.05, 0) is 32.8 Å². The fraction of sp³-hybridized carbons (Fsp3) is 0.500. The molecule has 1 heterocycles. The molecule has 1 aromatic rings. The summed E-state index contributed by atoms with van der Waals surface area (Å²) >= 11 is 0. The Kier molecular flexibility index (Phi) is 6.01. The van der Waals surface area contributed by atoms with Crippen molar-refractivity contribution < 1.29 is 23.9 Å². The van der Waals surface area contributed by atoms with Crippen molar-refractivity contribution in [2.75, 3.05) is 6.54 Å². The number of alkyl carbamates (subject to hydrolysis) is 1. The Morgan fingerprint density at radius 3 is 2.56 bits per heavy atom. The first-order valence-corrected chi connectivity index (χ1v) is 8.20. The highest BCUT2D eigenvalue weighted by molar-refractivity contribution is 5.75. The summed E-state index contributed by atoms with van der Waals surface area (Å²) in [5.74, 6) is 0. The summed E-state index contributed by atoms with van der Waals surface area (Å²) in [5, 5.41) is 2.69. The Balaban J connectivity index is 1.85. The number of nitrogens with zero attached hydrogens (tertiary/aromatic N) is 1. The number of carbonyl (C=O) groups excluding carboxylic acids is 3. The van der Waals surface area contributed by atoms with Crippen LogP contribution in [0.4, 0.5) is 9.59 Å². The van der Waals surface area contributed by atoms with Gasteiger partial charge in [0.15, 0.2) is 0 Å². The van der Waals surface area contributed by atoms with E-state index in [2.05, 4.69) is 5.32 Å². The number of aldehydes is 1. The van der Waals surface area contributed by atoms with Crippen molar-refractivity contribution >= 4 is 18.5 Å². The molecule has 25 heavy (non-hydrogen) atoms. The second-order valence-electron chi connectivity index (χ2n) is 6.97. The van der Waals surface area contributed by atoms with Gasteiger partial charge in [-0.1, -0.05) is 30.3 Å². The minimum absolute atomic E-state index is 0.159. The van der Waals surface area contributed by atoms with E-state index >= 15 is 0 Å². The summed E-state index contributed by atoms with van der Waals surface area (Å²) in [6, 6.07) is 8.35. The highest BCUT2D eigenvalue weighted by Gasteiger charge is 2.38. The minimum atomic E-state index is -0.648. The van der Waals surface area contributed by atoms with Crippen molar-refractivity contribution in [1.29, 1.82) is 0 Å². The Morgan fingerprint density at radius 1 is 1.28 bits per heavy atom. The number of hydrogen-bond acceptors (Lipinski definition) is 5. The molecule has 0 unspecified atom stereocenters. The molecule has 2 rings (SSSR count). The van der Waals surface area contributed by atoms with E-state index in [1.165, 1.54) is 4.90 Å². The fourth-order valence-corrected chi connectivity index (χ4v) is 2.56. The van der Waals surface area contributed by atoms with Crippen molar-refractivity contribution in [2.24, 2.45) is 0 Å². The fourth-order valence-electron chi connectivity index (χ4n) is 2.56. The quantitative estimate of drug-likeness (QED) is 0.845. The summed E-state index contributed by atoms with van der Waals surface area (Å²) in [5.41, 5.74) is 0.232. The van der Waals surface area contributed by atoms with Crippen molar-refractivity contribution in [3.8, 4) is 0 Å². The van der Waals surface area contributed by atoms with Gasteiger partial charge >= 0.3 is 12.2 Å². The number of likely N-dealkylation sites (tertiary alicyclic amines) is 1. The Bertz CT molecular complexity index is 612. The molecule has 1 fully saturated rings. The van der Waals surface area contributed by atoms with Gasteiger partial charge in [-0.3, -0.25) is 4.90 Å². The number of rotatable bonds is 4. The molecule has 1 aliphatic rings. The lowest BCUT2D eigenvalue weighted by molar-refractivity contribution is -0.111. The summed E-state index contributed by atoms with van der Waals surface area (Å²) in [6.45, 7) is 5.64. The largest absolute Gasteiger partial charge is 0.445 e. The molecule has 1 aromatic carbocycles. The number of ether oxygens (including phenoxy) is 2. The zero-order valence-corrected chi connectivity index (χ0v) is 14.7. The van der Waals surface area contributed by atoms with E-state index in [9.17, 15) is 14.4 Å². The van der Waals surface area contributed by atoms with Gasteiger partial charge in [0, 0.05) is 6.54 Å². The lowest BCUT2D eigenvalue weighted by atomic mass is 10.2. The number of benzene rings is 1. The molecule has 0 saturated carbocycles. The summed E-state index contributed by atoms with van der Waals surface area (Å²) in [4.78, 5) is 36.7. The monoisotopic (exact) mass is 348 g/mol. The molecule has 136 valence electrons. The van der Waals surface area contributed by atoms with Crippen LogP contribution in [0.15, 0.2) is 30.3 Å². The van der Waals surface area contributed by atoms with E-state index in [1.807, 2.05) is 30.3 Å². The lowest BCUT2D eigenvalue weighted by Gasteiger charge is -2.26. The van der Waals surface area contributed by atoms with Gasteiger partial charge in [-0.15, -0.1) is 0 Å². The van der Waals surface area contributed by atoms with Crippen LogP contribution in [-0.4, -0.2) is 47.6 Å². The topological polar surface area (TPSA) is 84.9 Å². The molecule has 0 aliphatic carbocycles. The third kappa shape index (κ3) is 5.77. The average Bonchev–Trinajstić information content (AvgIpc) is 2.95. The van der Waals surface area contributed by atoms with Crippen LogP contribution >= 0.6 is 0 Å². The third-order valence-corrected chi connectivity index (χ3v) is 3.66. The second-order valence-corrected chi connectivity index (χ2v) is 6.97. The predicted molar refractivity (Wildman–Crippen MR) is 91.0 cm³/mol. The molecule has 0 radical (unpaired) electrons. The van der Waals surface area contributed by atoms with E-state index in [0.717, 1.165) is 5.56 Å². The Hall–Kier alpha value is -2.57. The molecule has 0 bridgehead atoms. The van der Waals surface area contributed by atoms with E-state index in [-0.39, 0.29) is 19.2 Å². The van der Waals surface area contributed by atoms with Gasteiger partial charge in [0.25, 0.3) is 0 Å². The first-order chi connectivity index (χ1) is 11.8. The van der Waals surface area contributed by atoms with E-state index in [0.29, 0.717) is 12.7 Å². The SMILES string of the molecule is CC(C)(C)OC(=O)N1C[C@@H](NC(=O)OCc2ccccc2)C[C@H]1C=O. The van der Waals surface area contributed by atoms with Crippen molar-refractivity contribution in [2.45, 2.75) is 51.5 Å². The normalized spacial score (nSPS) is 20.0. The molecule has 7 heteroatoms. The molecular formula is C18H24N2O5. The summed E-state index contributed by atoms with van der Waals surface area (Å²) in [7, 11) is 0. The van der Waals surface area contributed by atoms with Crippen LogP contribution in [-0.2, 0) is 20.9 Å². The Morgan fingerprint density at radius 2 is 1.96 bits per heavy atom. The third-order valence-electron chi connectivity index (χ3n) is 3.66. The molecular weight excluding hydrogens is 324 g/mol. The van der Waals surface area contributed by atoms with E-state index < -0.39 is 23.8 Å². The standard InChI is InChI=1S/C18H24N2O5/c1-18(2,3)25-17(23)20-10-14(9-15(20)11-21)19-16(22)24-12-13-7-5-4-6-8-13/h4-8,11,14-15H,9-10,12H2,1-3H3,(H,19,22)/t14-,15-/m0/s1. The zero-order valence-electron chi connectivity index (χ0n) is 14.7. The van der Waals surface area contributed by atoms with Crippen LogP contribution in [0.2, 0.25) is 0 Å². The van der Waals surface area contributed by atoms with Gasteiger partial charge in [0.05, 0.1) is 12.1 Å². The van der Waals surface area contributed by atoms with Crippen LogP contribution in [0.25, 0.3) is 0 Å². The molecule has 1 N–H and O–H groups in total. The van der Waals surface area contributed by atoms with Crippen LogP contribution in [0, 0.1) is 0 Å². The number of carbonyl (C=O) groups is 3. The van der Waals surface area contributed by atoms with Crippen molar-refractivity contribution in [3.63, 3.8) is 0 Å². The molecule has 2 atom stereocenters. The maximum atomic E-state index is 12.2. The number of nitrogens with one attached hydrogen (secondary N) is 1. The minimum Gasteiger partial charge on any atom is -0.445 e. The molecule has 2 amide bonds. The lowest BCUT2D eigenvalue weighted by Crippen LogP contribution is -2.42. The first kappa shape index (κ1) is 18.8. The van der Waals surface area contributed by atoms with E-state index in [4.69, 9.17) is 9.47 Å².